The number of hydrogen-bond acceptors (Lipinski definition) is 5. The van der Waals surface area contributed by atoms with E-state index in [9.17, 15) is 9.59 Å². The van der Waals surface area contributed by atoms with Gasteiger partial charge in [-0.05, 0) is 29.8 Å². The van der Waals surface area contributed by atoms with E-state index >= 15 is 0 Å². The van der Waals surface area contributed by atoms with Gasteiger partial charge in [0, 0.05) is 48.4 Å². The molecule has 0 saturated carbocycles. The van der Waals surface area contributed by atoms with Crippen LogP contribution in [0.3, 0.4) is 0 Å². The zero-order chi connectivity index (χ0) is 20.9. The normalized spacial score (nSPS) is 14.9. The number of hydrogen-bond donors (Lipinski definition) is 3. The molecule has 30 heavy (non-hydrogen) atoms. The van der Waals surface area contributed by atoms with Gasteiger partial charge in [-0.3, -0.25) is 14.5 Å². The number of nitrogens with two attached hydrogens (primary N) is 1. The smallest absolute Gasteiger partial charge is 0.255 e. The van der Waals surface area contributed by atoms with E-state index in [1.807, 2.05) is 30.3 Å². The molecule has 8 nitrogen and oxygen atoms in total. The summed E-state index contributed by atoms with van der Waals surface area (Å²) in [5.41, 5.74) is 8.88. The summed E-state index contributed by atoms with van der Waals surface area (Å²) in [6, 6.07) is 9.42. The molecular weight excluding hydrogens is 382 g/mol. The van der Waals surface area contributed by atoms with Crippen LogP contribution in [0, 0.1) is 0 Å². The summed E-state index contributed by atoms with van der Waals surface area (Å²) in [5.74, 6) is -0.738. The highest BCUT2D eigenvalue weighted by Gasteiger charge is 2.12. The van der Waals surface area contributed by atoms with Crippen LogP contribution in [0.5, 0.6) is 0 Å². The number of carbonyl (C=O) groups excluding carboxylic acids is 2. The maximum Gasteiger partial charge on any atom is 0.255 e. The molecule has 1 saturated heterocycles. The monoisotopic (exact) mass is 405 g/mol. The lowest BCUT2D eigenvalue weighted by molar-refractivity contribution is -0.113. The highest BCUT2D eigenvalue weighted by atomic mass is 16.5. The summed E-state index contributed by atoms with van der Waals surface area (Å²) in [6.45, 7) is 4.22. The van der Waals surface area contributed by atoms with Gasteiger partial charge >= 0.3 is 0 Å². The molecule has 2 amide bonds. The fourth-order valence-corrected chi connectivity index (χ4v) is 3.38. The lowest BCUT2D eigenvalue weighted by atomic mass is 10.1. The molecule has 0 spiro atoms. The molecule has 1 aliphatic heterocycles. The first kappa shape index (κ1) is 19.8. The average Bonchev–Trinajstić information content (AvgIpc) is 3.16. The summed E-state index contributed by atoms with van der Waals surface area (Å²) in [7, 11) is 0. The van der Waals surface area contributed by atoms with Crippen LogP contribution in [0.1, 0.15) is 21.5 Å². The highest BCUT2D eigenvalue weighted by molar-refractivity contribution is 6.05. The number of pyridine rings is 1. The zero-order valence-corrected chi connectivity index (χ0v) is 16.4. The number of primary amides is 1. The molecule has 0 bridgehead atoms. The van der Waals surface area contributed by atoms with Gasteiger partial charge in [-0.1, -0.05) is 12.1 Å². The number of amides is 2. The number of nitrogens with zero attached hydrogens (tertiary/aromatic N) is 2. The number of anilines is 1. The number of fused-ring (bicyclic) bond motifs is 1. The van der Waals surface area contributed by atoms with Crippen molar-refractivity contribution in [3.05, 3.63) is 65.5 Å². The fraction of sp³-hybridized carbons (Fsp3) is 0.227. The van der Waals surface area contributed by atoms with E-state index in [1.54, 1.807) is 18.5 Å². The van der Waals surface area contributed by atoms with Crippen molar-refractivity contribution in [2.45, 2.75) is 6.54 Å². The molecule has 2 aromatic heterocycles. The summed E-state index contributed by atoms with van der Waals surface area (Å²) in [6.07, 6.45) is 6.22. The number of aromatic nitrogens is 2. The molecule has 1 fully saturated rings. The number of rotatable bonds is 6. The number of carbonyl (C=O) groups is 2. The Balaban J connectivity index is 1.44. The van der Waals surface area contributed by atoms with Gasteiger partial charge in [0.25, 0.3) is 5.91 Å². The van der Waals surface area contributed by atoms with Gasteiger partial charge in [0.15, 0.2) is 0 Å². The Bertz CT molecular complexity index is 1080. The molecule has 3 aromatic rings. The van der Waals surface area contributed by atoms with Crippen LogP contribution in [0.4, 0.5) is 5.69 Å². The Labute approximate surface area is 173 Å². The third-order valence-corrected chi connectivity index (χ3v) is 4.97. The van der Waals surface area contributed by atoms with Gasteiger partial charge in [0.05, 0.1) is 25.1 Å². The van der Waals surface area contributed by atoms with Crippen LogP contribution >= 0.6 is 0 Å². The second kappa shape index (κ2) is 8.89. The van der Waals surface area contributed by atoms with Gasteiger partial charge in [-0.25, -0.2) is 4.98 Å². The Morgan fingerprint density at radius 2 is 2.00 bits per heavy atom. The molecule has 4 rings (SSSR count). The highest BCUT2D eigenvalue weighted by Crippen LogP contribution is 2.22. The minimum Gasteiger partial charge on any atom is -0.379 e. The summed E-state index contributed by atoms with van der Waals surface area (Å²) >= 11 is 0. The van der Waals surface area contributed by atoms with Crippen LogP contribution in [-0.2, 0) is 16.1 Å². The summed E-state index contributed by atoms with van der Waals surface area (Å²) < 4.78 is 5.37. The number of morpholine rings is 1. The maximum atomic E-state index is 12.6. The van der Waals surface area contributed by atoms with E-state index in [1.165, 1.54) is 6.08 Å². The predicted molar refractivity (Wildman–Crippen MR) is 115 cm³/mol. The van der Waals surface area contributed by atoms with Gasteiger partial charge in [0.2, 0.25) is 5.91 Å². The first-order valence-corrected chi connectivity index (χ1v) is 9.73. The average molecular weight is 405 g/mol. The van der Waals surface area contributed by atoms with Crippen LogP contribution in [0.2, 0.25) is 0 Å². The van der Waals surface area contributed by atoms with Crippen molar-refractivity contribution in [1.29, 1.82) is 0 Å². The van der Waals surface area contributed by atoms with Crippen molar-refractivity contribution >= 4 is 34.6 Å². The van der Waals surface area contributed by atoms with E-state index in [0.717, 1.165) is 49.4 Å². The van der Waals surface area contributed by atoms with Crippen LogP contribution < -0.4 is 11.1 Å². The van der Waals surface area contributed by atoms with Gasteiger partial charge in [-0.15, -0.1) is 0 Å². The fourth-order valence-electron chi connectivity index (χ4n) is 3.38. The summed E-state index contributed by atoms with van der Waals surface area (Å²) in [4.78, 5) is 33.3. The largest absolute Gasteiger partial charge is 0.379 e. The van der Waals surface area contributed by atoms with Gasteiger partial charge in [-0.2, -0.15) is 0 Å². The minimum absolute atomic E-state index is 0.209. The number of benzene rings is 1. The molecule has 1 aliphatic rings. The number of H-pyrrole nitrogens is 1. The lowest BCUT2D eigenvalue weighted by Gasteiger charge is -2.26. The van der Waals surface area contributed by atoms with Crippen LogP contribution in [-0.4, -0.2) is 53.0 Å². The van der Waals surface area contributed by atoms with E-state index in [4.69, 9.17) is 10.5 Å². The molecule has 3 heterocycles. The lowest BCUT2D eigenvalue weighted by Crippen LogP contribution is -2.35. The third-order valence-electron chi connectivity index (χ3n) is 4.97. The first-order valence-electron chi connectivity index (χ1n) is 9.73. The Morgan fingerprint density at radius 1 is 1.23 bits per heavy atom. The Morgan fingerprint density at radius 3 is 2.73 bits per heavy atom. The second-order valence-electron chi connectivity index (χ2n) is 7.14. The minimum atomic E-state index is -0.529. The molecular formula is C22H23N5O3. The van der Waals surface area contributed by atoms with Crippen LogP contribution in [0.15, 0.2) is 48.8 Å². The SMILES string of the molecule is NC(=O)C=Cc1c[nH]c2ncc(NC(=O)c3ccc(CN4CCOCC4)cc3)cc12. The summed E-state index contributed by atoms with van der Waals surface area (Å²) in [5, 5.41) is 3.66. The van der Waals surface area contributed by atoms with E-state index in [2.05, 4.69) is 20.2 Å². The molecule has 1 aromatic carbocycles. The molecule has 0 unspecified atom stereocenters. The van der Waals surface area contributed by atoms with Crippen molar-refractivity contribution in [3.8, 4) is 0 Å². The molecule has 0 radical (unpaired) electrons. The first-order chi connectivity index (χ1) is 14.6. The zero-order valence-electron chi connectivity index (χ0n) is 16.4. The number of ether oxygens (including phenoxy) is 1. The number of nitrogens with one attached hydrogen (secondary N) is 2. The van der Waals surface area contributed by atoms with Gasteiger partial charge < -0.3 is 20.8 Å². The molecule has 0 aliphatic carbocycles. The van der Waals surface area contributed by atoms with Crippen molar-refractivity contribution < 1.29 is 14.3 Å². The quantitative estimate of drug-likeness (QED) is 0.544. The van der Waals surface area contributed by atoms with Crippen LogP contribution in [0.25, 0.3) is 17.1 Å². The molecule has 0 atom stereocenters. The van der Waals surface area contributed by atoms with Crippen molar-refractivity contribution in [3.63, 3.8) is 0 Å². The van der Waals surface area contributed by atoms with E-state index in [-0.39, 0.29) is 5.91 Å². The van der Waals surface area contributed by atoms with Crippen molar-refractivity contribution in [1.82, 2.24) is 14.9 Å². The topological polar surface area (TPSA) is 113 Å². The predicted octanol–water partition coefficient (Wildman–Crippen LogP) is 2.15. The van der Waals surface area contributed by atoms with Crippen molar-refractivity contribution in [2.75, 3.05) is 31.6 Å². The Kier molecular flexibility index (Phi) is 5.87. The maximum absolute atomic E-state index is 12.6. The molecule has 8 heteroatoms. The number of aromatic amines is 1. The standard InChI is InChI=1S/C22H23N5O3/c23-20(28)6-5-17-12-24-21-19(17)11-18(13-25-21)26-22(29)16-3-1-15(2-4-16)14-27-7-9-30-10-8-27/h1-6,11-13H,7-10,14H2,(H2,23,28)(H,24,25)(H,26,29). The third kappa shape index (κ3) is 4.73. The molecule has 4 N–H and O–H groups in total. The van der Waals surface area contributed by atoms with E-state index < -0.39 is 5.91 Å². The Hall–Kier alpha value is -3.49. The van der Waals surface area contributed by atoms with Gasteiger partial charge in [0.1, 0.15) is 5.65 Å². The molecule has 154 valence electrons. The van der Waals surface area contributed by atoms with Crippen molar-refractivity contribution in [2.24, 2.45) is 5.73 Å². The van der Waals surface area contributed by atoms with E-state index in [0.29, 0.717) is 16.9 Å². The second-order valence-corrected chi connectivity index (χ2v) is 7.14.